The minimum absolute atomic E-state index is 0.0242. The molecule has 3 nitrogen and oxygen atoms in total. The van der Waals surface area contributed by atoms with E-state index in [4.69, 9.17) is 15.2 Å². The normalized spacial score (nSPS) is 25.4. The molecule has 0 spiro atoms. The molecular formula is C16H24BrNO2. The van der Waals surface area contributed by atoms with Crippen molar-refractivity contribution < 1.29 is 9.47 Å². The molecule has 4 heteroatoms. The summed E-state index contributed by atoms with van der Waals surface area (Å²) in [5.41, 5.74) is 6.61. The first kappa shape index (κ1) is 15.8. The Morgan fingerprint density at radius 2 is 2.00 bits per heavy atom. The van der Waals surface area contributed by atoms with Gasteiger partial charge in [0.25, 0.3) is 0 Å². The zero-order valence-corrected chi connectivity index (χ0v) is 14.5. The summed E-state index contributed by atoms with van der Waals surface area (Å²) in [4.78, 5) is 0. The fourth-order valence-corrected chi connectivity index (χ4v) is 3.21. The highest BCUT2D eigenvalue weighted by Crippen LogP contribution is 2.40. The van der Waals surface area contributed by atoms with Crippen LogP contribution in [0.25, 0.3) is 0 Å². The van der Waals surface area contributed by atoms with Crippen LogP contribution < -0.4 is 10.5 Å². The summed E-state index contributed by atoms with van der Waals surface area (Å²) in [5, 5.41) is 0. The van der Waals surface area contributed by atoms with E-state index >= 15 is 0 Å². The van der Waals surface area contributed by atoms with Crippen LogP contribution in [0.15, 0.2) is 22.7 Å². The fourth-order valence-electron chi connectivity index (χ4n) is 2.83. The van der Waals surface area contributed by atoms with Gasteiger partial charge in [-0.15, -0.1) is 0 Å². The van der Waals surface area contributed by atoms with Crippen LogP contribution in [0, 0.1) is 0 Å². The Kier molecular flexibility index (Phi) is 4.20. The first-order valence-electron chi connectivity index (χ1n) is 7.02. The molecule has 0 amide bonds. The summed E-state index contributed by atoms with van der Waals surface area (Å²) >= 11 is 3.48. The highest BCUT2D eigenvalue weighted by Gasteiger charge is 2.47. The van der Waals surface area contributed by atoms with E-state index in [0.29, 0.717) is 0 Å². The lowest BCUT2D eigenvalue weighted by molar-refractivity contribution is -0.0847. The van der Waals surface area contributed by atoms with Crippen molar-refractivity contribution >= 4 is 15.9 Å². The quantitative estimate of drug-likeness (QED) is 0.896. The van der Waals surface area contributed by atoms with E-state index in [1.807, 2.05) is 25.1 Å². The Bertz CT molecular complexity index is 497. The average molecular weight is 342 g/mol. The Morgan fingerprint density at radius 1 is 1.35 bits per heavy atom. The third-order valence-corrected chi connectivity index (χ3v) is 4.22. The third kappa shape index (κ3) is 3.35. The summed E-state index contributed by atoms with van der Waals surface area (Å²) in [6, 6.07) is 5.91. The smallest absolute Gasteiger partial charge is 0.130 e. The van der Waals surface area contributed by atoms with Gasteiger partial charge in [-0.3, -0.25) is 0 Å². The first-order chi connectivity index (χ1) is 9.11. The number of nitrogens with two attached hydrogens (primary N) is 1. The topological polar surface area (TPSA) is 44.5 Å². The summed E-state index contributed by atoms with van der Waals surface area (Å²) in [5.74, 6) is 0.850. The predicted molar refractivity (Wildman–Crippen MR) is 85.0 cm³/mol. The highest BCUT2D eigenvalue weighted by molar-refractivity contribution is 9.10. The minimum Gasteiger partial charge on any atom is -0.487 e. The molecule has 1 saturated heterocycles. The summed E-state index contributed by atoms with van der Waals surface area (Å²) in [6.07, 6.45) is 0.894. The molecule has 2 rings (SSSR count). The van der Waals surface area contributed by atoms with Crippen LogP contribution >= 0.6 is 15.9 Å². The molecule has 2 N–H and O–H groups in total. The van der Waals surface area contributed by atoms with Crippen LogP contribution in [0.1, 0.15) is 52.6 Å². The fraction of sp³-hybridized carbons (Fsp3) is 0.625. The van der Waals surface area contributed by atoms with Crippen LogP contribution in [-0.2, 0) is 4.74 Å². The van der Waals surface area contributed by atoms with E-state index in [9.17, 15) is 0 Å². The van der Waals surface area contributed by atoms with Crippen LogP contribution in [0.3, 0.4) is 0 Å². The van der Waals surface area contributed by atoms with Crippen molar-refractivity contribution in [1.29, 1.82) is 0 Å². The number of halogens is 1. The van der Waals surface area contributed by atoms with Gasteiger partial charge in [0, 0.05) is 22.5 Å². The molecule has 0 aliphatic carbocycles. The van der Waals surface area contributed by atoms with Crippen molar-refractivity contribution in [2.24, 2.45) is 5.73 Å². The molecule has 0 saturated carbocycles. The Morgan fingerprint density at radius 3 is 2.50 bits per heavy atom. The number of hydrogen-bond donors (Lipinski definition) is 1. The molecule has 1 aliphatic heterocycles. The SMILES string of the molecule is CC(N)c1cc(Br)ccc1OC1CC(C)(C)OC1(C)C. The van der Waals surface area contributed by atoms with Crippen molar-refractivity contribution in [2.75, 3.05) is 0 Å². The second-order valence-corrected chi connectivity index (χ2v) is 7.66. The first-order valence-corrected chi connectivity index (χ1v) is 7.82. The lowest BCUT2D eigenvalue weighted by Crippen LogP contribution is -2.37. The van der Waals surface area contributed by atoms with E-state index in [2.05, 4.69) is 43.6 Å². The molecule has 0 radical (unpaired) electrons. The molecule has 1 aromatic rings. The Hall–Kier alpha value is -0.580. The summed E-state index contributed by atoms with van der Waals surface area (Å²) < 4.78 is 13.3. The second-order valence-electron chi connectivity index (χ2n) is 6.75. The van der Waals surface area contributed by atoms with Gasteiger partial charge in [0.15, 0.2) is 0 Å². The van der Waals surface area contributed by atoms with Crippen LogP contribution in [0.2, 0.25) is 0 Å². The minimum atomic E-state index is -0.300. The molecule has 1 fully saturated rings. The average Bonchev–Trinajstić information content (AvgIpc) is 2.48. The number of benzene rings is 1. The van der Waals surface area contributed by atoms with E-state index in [-0.39, 0.29) is 23.3 Å². The largest absolute Gasteiger partial charge is 0.487 e. The molecular weight excluding hydrogens is 318 g/mol. The van der Waals surface area contributed by atoms with Gasteiger partial charge in [0.1, 0.15) is 17.5 Å². The van der Waals surface area contributed by atoms with Crippen molar-refractivity contribution in [3.05, 3.63) is 28.2 Å². The number of rotatable bonds is 3. The second kappa shape index (κ2) is 5.32. The molecule has 0 bridgehead atoms. The lowest BCUT2D eigenvalue weighted by Gasteiger charge is -2.28. The van der Waals surface area contributed by atoms with Gasteiger partial charge < -0.3 is 15.2 Å². The number of ether oxygens (including phenoxy) is 2. The molecule has 1 aromatic carbocycles. The van der Waals surface area contributed by atoms with Gasteiger partial charge in [-0.05, 0) is 52.8 Å². The molecule has 20 heavy (non-hydrogen) atoms. The highest BCUT2D eigenvalue weighted by atomic mass is 79.9. The van der Waals surface area contributed by atoms with Crippen LogP contribution in [0.4, 0.5) is 0 Å². The van der Waals surface area contributed by atoms with Gasteiger partial charge in [-0.25, -0.2) is 0 Å². The maximum Gasteiger partial charge on any atom is 0.130 e. The van der Waals surface area contributed by atoms with Gasteiger partial charge in [0.2, 0.25) is 0 Å². The zero-order chi connectivity index (χ0) is 15.1. The van der Waals surface area contributed by atoms with Gasteiger partial charge in [-0.2, -0.15) is 0 Å². The lowest BCUT2D eigenvalue weighted by atomic mass is 9.97. The maximum absolute atomic E-state index is 6.25. The van der Waals surface area contributed by atoms with Crippen molar-refractivity contribution in [1.82, 2.24) is 0 Å². The van der Waals surface area contributed by atoms with Crippen molar-refractivity contribution in [2.45, 2.75) is 64.4 Å². The number of hydrogen-bond acceptors (Lipinski definition) is 3. The third-order valence-electron chi connectivity index (χ3n) is 3.72. The summed E-state index contributed by atoms with van der Waals surface area (Å²) in [7, 11) is 0. The molecule has 2 unspecified atom stereocenters. The van der Waals surface area contributed by atoms with Crippen LogP contribution in [0.5, 0.6) is 5.75 Å². The van der Waals surface area contributed by atoms with E-state index in [0.717, 1.165) is 22.2 Å². The monoisotopic (exact) mass is 341 g/mol. The molecule has 1 aliphatic rings. The van der Waals surface area contributed by atoms with Gasteiger partial charge in [0.05, 0.1) is 5.60 Å². The standard InChI is InChI=1S/C16H24BrNO2/c1-10(18)12-8-11(17)6-7-13(12)19-14-9-15(2,3)20-16(14,4)5/h6-8,10,14H,9,18H2,1-5H3. The molecule has 2 atom stereocenters. The van der Waals surface area contributed by atoms with E-state index in [1.165, 1.54) is 0 Å². The molecule has 0 aromatic heterocycles. The van der Waals surface area contributed by atoms with Crippen molar-refractivity contribution in [3.63, 3.8) is 0 Å². The summed E-state index contributed by atoms with van der Waals surface area (Å²) in [6.45, 7) is 10.3. The predicted octanol–water partition coefficient (Wildman–Crippen LogP) is 4.19. The molecule has 1 heterocycles. The van der Waals surface area contributed by atoms with Gasteiger partial charge >= 0.3 is 0 Å². The Balaban J connectivity index is 2.27. The zero-order valence-electron chi connectivity index (χ0n) is 12.9. The van der Waals surface area contributed by atoms with E-state index in [1.54, 1.807) is 0 Å². The van der Waals surface area contributed by atoms with Crippen molar-refractivity contribution in [3.8, 4) is 5.75 Å². The van der Waals surface area contributed by atoms with E-state index < -0.39 is 0 Å². The van der Waals surface area contributed by atoms with Gasteiger partial charge in [-0.1, -0.05) is 15.9 Å². The molecule has 112 valence electrons. The maximum atomic E-state index is 6.25. The van der Waals surface area contributed by atoms with Crippen LogP contribution in [-0.4, -0.2) is 17.3 Å². The Labute approximate surface area is 130 Å².